The maximum atomic E-state index is 12.4. The van der Waals surface area contributed by atoms with Gasteiger partial charge in [0.25, 0.3) is 5.91 Å². The molecule has 0 unspecified atom stereocenters. The van der Waals surface area contributed by atoms with Crippen LogP contribution < -0.4 is 0 Å². The molecule has 0 spiro atoms. The van der Waals surface area contributed by atoms with Crippen LogP contribution in [0.15, 0.2) is 53.2 Å². The van der Waals surface area contributed by atoms with Gasteiger partial charge >= 0.3 is 0 Å². The van der Waals surface area contributed by atoms with Gasteiger partial charge in [0.15, 0.2) is 11.5 Å². The number of amides is 1. The highest BCUT2D eigenvalue weighted by Gasteiger charge is 2.18. The summed E-state index contributed by atoms with van der Waals surface area (Å²) in [7, 11) is 3.57. The van der Waals surface area contributed by atoms with Gasteiger partial charge in [-0.25, -0.2) is 0 Å². The van der Waals surface area contributed by atoms with Gasteiger partial charge in [0.2, 0.25) is 0 Å². The van der Waals surface area contributed by atoms with Gasteiger partial charge in [0.05, 0.1) is 12.2 Å². The molecule has 0 aliphatic carbocycles. The second kappa shape index (κ2) is 5.85. The van der Waals surface area contributed by atoms with E-state index >= 15 is 0 Å². The Hall–Kier alpha value is -2.89. The van der Waals surface area contributed by atoms with E-state index in [2.05, 4.69) is 10.3 Å². The predicted octanol–water partition coefficient (Wildman–Crippen LogP) is 2.35. The first kappa shape index (κ1) is 14.1. The molecule has 0 fully saturated rings. The summed E-state index contributed by atoms with van der Waals surface area (Å²) in [6, 6.07) is 13.1. The highest BCUT2D eigenvalue weighted by Crippen LogP contribution is 2.20. The fraction of sp³-hybridized carbons (Fsp3) is 0.188. The van der Waals surface area contributed by atoms with Crippen LogP contribution in [0.25, 0.3) is 11.3 Å². The number of carbonyl (C=O) groups excluding carboxylic acids is 1. The third-order valence-corrected chi connectivity index (χ3v) is 3.46. The van der Waals surface area contributed by atoms with E-state index in [4.69, 9.17) is 4.52 Å². The molecule has 3 aromatic rings. The molecule has 6 nitrogen and oxygen atoms in total. The Balaban J connectivity index is 1.75. The zero-order valence-corrected chi connectivity index (χ0v) is 12.4. The molecule has 3 rings (SSSR count). The summed E-state index contributed by atoms with van der Waals surface area (Å²) in [5.41, 5.74) is 2.13. The molecule has 0 aliphatic rings. The summed E-state index contributed by atoms with van der Waals surface area (Å²) in [6.07, 6.45) is 1.71. The van der Waals surface area contributed by atoms with E-state index in [9.17, 15) is 4.79 Å². The number of aromatic nitrogens is 3. The van der Waals surface area contributed by atoms with Gasteiger partial charge in [-0.1, -0.05) is 35.5 Å². The van der Waals surface area contributed by atoms with Gasteiger partial charge in [-0.05, 0) is 6.07 Å². The van der Waals surface area contributed by atoms with Crippen LogP contribution in [0.2, 0.25) is 0 Å². The first-order chi connectivity index (χ1) is 10.6. The Morgan fingerprint density at radius 2 is 2.05 bits per heavy atom. The van der Waals surface area contributed by atoms with Crippen LogP contribution >= 0.6 is 0 Å². The summed E-state index contributed by atoms with van der Waals surface area (Å²) >= 11 is 0. The predicted molar refractivity (Wildman–Crippen MR) is 80.9 cm³/mol. The lowest BCUT2D eigenvalue weighted by molar-refractivity contribution is 0.0771. The number of aryl methyl sites for hydroxylation is 1. The molecule has 6 heteroatoms. The largest absolute Gasteiger partial charge is 0.355 e. The highest BCUT2D eigenvalue weighted by atomic mass is 16.5. The van der Waals surface area contributed by atoms with Gasteiger partial charge < -0.3 is 9.42 Å². The van der Waals surface area contributed by atoms with Gasteiger partial charge in [-0.2, -0.15) is 5.10 Å². The lowest BCUT2D eigenvalue weighted by Gasteiger charge is -2.15. The average Bonchev–Trinajstić information content (AvgIpc) is 3.17. The minimum Gasteiger partial charge on any atom is -0.355 e. The molecule has 22 heavy (non-hydrogen) atoms. The quantitative estimate of drug-likeness (QED) is 0.741. The second-order valence-electron chi connectivity index (χ2n) is 5.05. The number of carbonyl (C=O) groups is 1. The number of hydrogen-bond donors (Lipinski definition) is 0. The minimum absolute atomic E-state index is 0.188. The number of nitrogens with zero attached hydrogens (tertiary/aromatic N) is 4. The molecule has 0 bridgehead atoms. The molecule has 2 aromatic heterocycles. The van der Waals surface area contributed by atoms with Crippen LogP contribution in [0.4, 0.5) is 0 Å². The normalized spacial score (nSPS) is 10.6. The van der Waals surface area contributed by atoms with Crippen LogP contribution in [0, 0.1) is 0 Å². The van der Waals surface area contributed by atoms with Crippen molar-refractivity contribution in [2.24, 2.45) is 7.05 Å². The molecule has 1 aromatic carbocycles. The van der Waals surface area contributed by atoms with Crippen molar-refractivity contribution >= 4 is 5.91 Å². The second-order valence-corrected chi connectivity index (χ2v) is 5.05. The first-order valence-electron chi connectivity index (χ1n) is 6.89. The van der Waals surface area contributed by atoms with E-state index in [0.29, 0.717) is 18.0 Å². The Bertz CT molecular complexity index is 776. The standard InChI is InChI=1S/C16H16N4O2/c1-19(11-13-8-9-17-20(13)2)16(21)14-10-15(22-18-14)12-6-4-3-5-7-12/h3-10H,11H2,1-2H3. The molecule has 0 saturated heterocycles. The van der Waals surface area contributed by atoms with Crippen molar-refractivity contribution in [1.29, 1.82) is 0 Å². The number of rotatable bonds is 4. The lowest BCUT2D eigenvalue weighted by atomic mass is 10.1. The van der Waals surface area contributed by atoms with E-state index in [0.717, 1.165) is 11.3 Å². The molecule has 0 N–H and O–H groups in total. The summed E-state index contributed by atoms with van der Waals surface area (Å²) < 4.78 is 7.00. The van der Waals surface area contributed by atoms with Gasteiger partial charge in [-0.3, -0.25) is 9.48 Å². The Morgan fingerprint density at radius 1 is 1.27 bits per heavy atom. The molecule has 0 aliphatic heterocycles. The topological polar surface area (TPSA) is 64.2 Å². The van der Waals surface area contributed by atoms with Gasteiger partial charge in [-0.15, -0.1) is 0 Å². The van der Waals surface area contributed by atoms with Crippen LogP contribution in [0.5, 0.6) is 0 Å². The first-order valence-corrected chi connectivity index (χ1v) is 6.89. The summed E-state index contributed by atoms with van der Waals surface area (Å²) in [6.45, 7) is 0.461. The van der Waals surface area contributed by atoms with E-state index in [1.807, 2.05) is 43.4 Å². The monoisotopic (exact) mass is 296 g/mol. The average molecular weight is 296 g/mol. The summed E-state index contributed by atoms with van der Waals surface area (Å²) in [4.78, 5) is 14.0. The van der Waals surface area contributed by atoms with Crippen molar-refractivity contribution in [3.63, 3.8) is 0 Å². The molecule has 0 radical (unpaired) electrons. The van der Waals surface area contributed by atoms with Crippen molar-refractivity contribution in [2.45, 2.75) is 6.54 Å². The van der Waals surface area contributed by atoms with Gasteiger partial charge in [0.1, 0.15) is 0 Å². The van der Waals surface area contributed by atoms with E-state index < -0.39 is 0 Å². The van der Waals surface area contributed by atoms with Crippen molar-refractivity contribution < 1.29 is 9.32 Å². The third kappa shape index (κ3) is 2.76. The zero-order chi connectivity index (χ0) is 15.5. The Labute approximate surface area is 127 Å². The SMILES string of the molecule is CN(Cc1ccnn1C)C(=O)c1cc(-c2ccccc2)on1. The minimum atomic E-state index is -0.188. The van der Waals surface area contributed by atoms with Crippen molar-refractivity contribution in [3.8, 4) is 11.3 Å². The van der Waals surface area contributed by atoms with Crippen LogP contribution in [0.3, 0.4) is 0 Å². The molecule has 112 valence electrons. The molecule has 1 amide bonds. The molecule has 0 saturated carbocycles. The van der Waals surface area contributed by atoms with Crippen molar-refractivity contribution in [3.05, 3.63) is 60.0 Å². The van der Waals surface area contributed by atoms with E-state index in [-0.39, 0.29) is 5.91 Å². The fourth-order valence-electron chi connectivity index (χ4n) is 2.18. The Kier molecular flexibility index (Phi) is 3.74. The fourth-order valence-corrected chi connectivity index (χ4v) is 2.18. The zero-order valence-electron chi connectivity index (χ0n) is 12.4. The Morgan fingerprint density at radius 3 is 2.73 bits per heavy atom. The van der Waals surface area contributed by atoms with E-state index in [1.165, 1.54) is 0 Å². The summed E-state index contributed by atoms with van der Waals surface area (Å²) in [5, 5.41) is 7.97. The van der Waals surface area contributed by atoms with Crippen molar-refractivity contribution in [2.75, 3.05) is 7.05 Å². The van der Waals surface area contributed by atoms with Crippen LogP contribution in [-0.4, -0.2) is 32.8 Å². The third-order valence-electron chi connectivity index (χ3n) is 3.46. The molecule has 0 atom stereocenters. The molecular weight excluding hydrogens is 280 g/mol. The maximum Gasteiger partial charge on any atom is 0.276 e. The maximum absolute atomic E-state index is 12.4. The van der Waals surface area contributed by atoms with Crippen molar-refractivity contribution in [1.82, 2.24) is 19.8 Å². The van der Waals surface area contributed by atoms with Crippen LogP contribution in [0.1, 0.15) is 16.2 Å². The highest BCUT2D eigenvalue weighted by molar-refractivity contribution is 5.92. The van der Waals surface area contributed by atoms with E-state index in [1.54, 1.807) is 28.9 Å². The molecule has 2 heterocycles. The molecular formula is C16H16N4O2. The van der Waals surface area contributed by atoms with Crippen LogP contribution in [-0.2, 0) is 13.6 Å². The number of hydrogen-bond acceptors (Lipinski definition) is 4. The summed E-state index contributed by atoms with van der Waals surface area (Å²) in [5.74, 6) is 0.394. The lowest BCUT2D eigenvalue weighted by Crippen LogP contribution is -2.27. The van der Waals surface area contributed by atoms with Gasteiger partial charge in [0, 0.05) is 31.9 Å². The smallest absolute Gasteiger partial charge is 0.276 e. The number of benzene rings is 1.